The third-order valence-electron chi connectivity index (χ3n) is 5.06. The van der Waals surface area contributed by atoms with Crippen molar-refractivity contribution in [2.75, 3.05) is 39.5 Å². The minimum absolute atomic E-state index is 0.0623. The van der Waals surface area contributed by atoms with Crippen LogP contribution in [0.5, 0.6) is 0 Å². The van der Waals surface area contributed by atoms with Gasteiger partial charge < -0.3 is 25.8 Å². The summed E-state index contributed by atoms with van der Waals surface area (Å²) in [7, 11) is 5.20. The van der Waals surface area contributed by atoms with E-state index in [1.165, 1.54) is 34.6 Å². The Hall–Kier alpha value is -3.09. The number of thiazole rings is 1. The van der Waals surface area contributed by atoms with Gasteiger partial charge in [0.1, 0.15) is 5.82 Å². The standard InChI is InChI=1S/C21H26ClN7O4S/c1-28(2)17(30)8-13(10-24-18(31)19(32)27-16-5-4-12(22)9-23-16)25-20(33)21-26-14-6-7-29(3)11-15(14)34-21/h4-5,9,13H,6-8,10-11H2,1-3H3,(H,24,31)(H,25,33)(H,23,27,32)/t13-/m1/s1. The van der Waals surface area contributed by atoms with E-state index in [4.69, 9.17) is 11.6 Å². The predicted octanol–water partition coefficient (Wildman–Crippen LogP) is 0.511. The zero-order chi connectivity index (χ0) is 24.8. The number of fused-ring (bicyclic) bond motifs is 1. The molecule has 0 unspecified atom stereocenters. The summed E-state index contributed by atoms with van der Waals surface area (Å²) in [4.78, 5) is 62.4. The molecule has 34 heavy (non-hydrogen) atoms. The number of carbonyl (C=O) groups is 4. The minimum atomic E-state index is -0.935. The van der Waals surface area contributed by atoms with Gasteiger partial charge in [-0.3, -0.25) is 19.2 Å². The highest BCUT2D eigenvalue weighted by atomic mass is 35.5. The monoisotopic (exact) mass is 507 g/mol. The number of aromatic nitrogens is 2. The van der Waals surface area contributed by atoms with Crippen molar-refractivity contribution in [2.24, 2.45) is 0 Å². The highest BCUT2D eigenvalue weighted by molar-refractivity contribution is 7.13. The van der Waals surface area contributed by atoms with Crippen molar-refractivity contribution < 1.29 is 19.2 Å². The van der Waals surface area contributed by atoms with Crippen LogP contribution >= 0.6 is 22.9 Å². The molecule has 3 rings (SSSR count). The Labute approximate surface area is 205 Å². The van der Waals surface area contributed by atoms with E-state index in [2.05, 4.69) is 30.8 Å². The lowest BCUT2D eigenvalue weighted by molar-refractivity contribution is -0.136. The quantitative estimate of drug-likeness (QED) is 0.464. The van der Waals surface area contributed by atoms with Crippen molar-refractivity contribution in [1.29, 1.82) is 0 Å². The molecule has 0 saturated heterocycles. The van der Waals surface area contributed by atoms with E-state index in [0.717, 1.165) is 30.1 Å². The van der Waals surface area contributed by atoms with Crippen LogP contribution in [0, 0.1) is 0 Å². The van der Waals surface area contributed by atoms with Gasteiger partial charge in [0.05, 0.1) is 16.8 Å². The third kappa shape index (κ3) is 6.95. The van der Waals surface area contributed by atoms with Gasteiger partial charge in [-0.15, -0.1) is 11.3 Å². The van der Waals surface area contributed by atoms with Gasteiger partial charge in [-0.05, 0) is 19.2 Å². The number of hydrogen-bond acceptors (Lipinski definition) is 8. The molecule has 0 bridgehead atoms. The van der Waals surface area contributed by atoms with Gasteiger partial charge in [-0.1, -0.05) is 11.6 Å². The van der Waals surface area contributed by atoms with E-state index in [-0.39, 0.29) is 24.7 Å². The largest absolute Gasteiger partial charge is 0.349 e. The number of amides is 4. The van der Waals surface area contributed by atoms with Gasteiger partial charge >= 0.3 is 11.8 Å². The number of nitrogens with zero attached hydrogens (tertiary/aromatic N) is 4. The second-order valence-electron chi connectivity index (χ2n) is 8.07. The zero-order valence-electron chi connectivity index (χ0n) is 19.1. The molecule has 1 aliphatic rings. The first kappa shape index (κ1) is 25.5. The fourth-order valence-corrected chi connectivity index (χ4v) is 4.36. The molecule has 0 aromatic carbocycles. The van der Waals surface area contributed by atoms with Crippen LogP contribution in [0.3, 0.4) is 0 Å². The minimum Gasteiger partial charge on any atom is -0.349 e. The molecule has 13 heteroatoms. The summed E-state index contributed by atoms with van der Waals surface area (Å²) in [5.74, 6) is -2.37. The first-order chi connectivity index (χ1) is 16.1. The summed E-state index contributed by atoms with van der Waals surface area (Å²) >= 11 is 7.07. The van der Waals surface area contributed by atoms with Crippen LogP contribution in [0.1, 0.15) is 26.8 Å². The normalized spacial score (nSPS) is 14.0. The van der Waals surface area contributed by atoms with E-state index < -0.39 is 23.8 Å². The number of carbonyl (C=O) groups excluding carboxylic acids is 4. The van der Waals surface area contributed by atoms with Crippen LogP contribution in [0.15, 0.2) is 18.3 Å². The molecular weight excluding hydrogens is 482 g/mol. The van der Waals surface area contributed by atoms with Crippen LogP contribution in [-0.2, 0) is 27.3 Å². The van der Waals surface area contributed by atoms with Gasteiger partial charge in [0.15, 0.2) is 5.01 Å². The third-order valence-corrected chi connectivity index (χ3v) is 6.36. The van der Waals surface area contributed by atoms with Gasteiger partial charge in [0, 0.05) is 57.6 Å². The number of hydrogen-bond donors (Lipinski definition) is 3. The van der Waals surface area contributed by atoms with E-state index in [1.807, 2.05) is 7.05 Å². The Morgan fingerprint density at radius 3 is 2.68 bits per heavy atom. The van der Waals surface area contributed by atoms with Gasteiger partial charge in [0.25, 0.3) is 5.91 Å². The van der Waals surface area contributed by atoms with Crippen LogP contribution in [0.2, 0.25) is 5.02 Å². The number of anilines is 1. The molecule has 1 atom stereocenters. The van der Waals surface area contributed by atoms with Crippen molar-refractivity contribution >= 4 is 52.4 Å². The number of rotatable bonds is 7. The van der Waals surface area contributed by atoms with Crippen molar-refractivity contribution in [1.82, 2.24) is 30.4 Å². The van der Waals surface area contributed by atoms with Crippen molar-refractivity contribution in [3.63, 3.8) is 0 Å². The van der Waals surface area contributed by atoms with Gasteiger partial charge in [-0.2, -0.15) is 0 Å². The average Bonchev–Trinajstić information content (AvgIpc) is 3.22. The topological polar surface area (TPSA) is 137 Å². The Bertz CT molecular complexity index is 1070. The van der Waals surface area contributed by atoms with Gasteiger partial charge in [-0.25, -0.2) is 9.97 Å². The van der Waals surface area contributed by atoms with E-state index in [9.17, 15) is 19.2 Å². The second-order valence-corrected chi connectivity index (χ2v) is 9.59. The highest BCUT2D eigenvalue weighted by Crippen LogP contribution is 2.24. The lowest BCUT2D eigenvalue weighted by Crippen LogP contribution is -2.48. The molecule has 0 spiro atoms. The maximum atomic E-state index is 12.8. The molecule has 4 amide bonds. The molecule has 2 aromatic heterocycles. The molecule has 3 N–H and O–H groups in total. The molecule has 0 fully saturated rings. The molecule has 3 heterocycles. The Kier molecular flexibility index (Phi) is 8.53. The molecule has 1 aliphatic heterocycles. The summed E-state index contributed by atoms with van der Waals surface area (Å²) in [5, 5.41) is 8.27. The number of halogens is 1. The molecule has 2 aromatic rings. The summed E-state index contributed by atoms with van der Waals surface area (Å²) in [6, 6.07) is 2.24. The fourth-order valence-electron chi connectivity index (χ4n) is 3.15. The van der Waals surface area contributed by atoms with Crippen LogP contribution in [0.4, 0.5) is 5.82 Å². The van der Waals surface area contributed by atoms with Crippen molar-refractivity contribution in [3.8, 4) is 0 Å². The average molecular weight is 508 g/mol. The lowest BCUT2D eigenvalue weighted by atomic mass is 10.2. The first-order valence-electron chi connectivity index (χ1n) is 10.5. The Morgan fingerprint density at radius 1 is 1.24 bits per heavy atom. The fraction of sp³-hybridized carbons (Fsp3) is 0.429. The summed E-state index contributed by atoms with van der Waals surface area (Å²) in [6.07, 6.45) is 2.04. The predicted molar refractivity (Wildman–Crippen MR) is 128 cm³/mol. The number of nitrogens with one attached hydrogen (secondary N) is 3. The molecule has 0 saturated carbocycles. The highest BCUT2D eigenvalue weighted by Gasteiger charge is 2.25. The second kappa shape index (κ2) is 11.4. The van der Waals surface area contributed by atoms with Gasteiger partial charge in [0.2, 0.25) is 5.91 Å². The van der Waals surface area contributed by atoms with Crippen LogP contribution in [0.25, 0.3) is 0 Å². The van der Waals surface area contributed by atoms with Crippen molar-refractivity contribution in [3.05, 3.63) is 38.9 Å². The Balaban J connectivity index is 1.61. The van der Waals surface area contributed by atoms with Crippen LogP contribution in [-0.4, -0.2) is 83.7 Å². The molecule has 11 nitrogen and oxygen atoms in total. The SMILES string of the molecule is CN1CCc2nc(C(=O)N[C@@H](CNC(=O)C(=O)Nc3ccc(Cl)cn3)CC(=O)N(C)C)sc2C1. The summed E-state index contributed by atoms with van der Waals surface area (Å²) < 4.78 is 0. The number of likely N-dealkylation sites (N-methyl/N-ethyl adjacent to an activating group) is 1. The smallest absolute Gasteiger partial charge is 0.314 e. The van der Waals surface area contributed by atoms with E-state index >= 15 is 0 Å². The maximum Gasteiger partial charge on any atom is 0.314 e. The maximum absolute atomic E-state index is 12.8. The van der Waals surface area contributed by atoms with Crippen molar-refractivity contribution in [2.45, 2.75) is 25.4 Å². The molecule has 0 aliphatic carbocycles. The summed E-state index contributed by atoms with van der Waals surface area (Å²) in [5.41, 5.74) is 0.912. The lowest BCUT2D eigenvalue weighted by Gasteiger charge is -2.20. The van der Waals surface area contributed by atoms with E-state index in [0.29, 0.717) is 10.0 Å². The Morgan fingerprint density at radius 2 is 2.00 bits per heavy atom. The zero-order valence-corrected chi connectivity index (χ0v) is 20.6. The van der Waals surface area contributed by atoms with Crippen LogP contribution < -0.4 is 16.0 Å². The van der Waals surface area contributed by atoms with E-state index in [1.54, 1.807) is 14.1 Å². The molecule has 182 valence electrons. The molecular formula is C21H26ClN7O4S. The first-order valence-corrected chi connectivity index (χ1v) is 11.7. The number of pyridine rings is 1. The summed E-state index contributed by atoms with van der Waals surface area (Å²) in [6.45, 7) is 1.48. The molecule has 0 radical (unpaired) electrons.